The standard InChI is InChI=1S/C20H22ClNO4/c1-14-4-3-5-15(12-14)10-11-26-20(24)22-18(19(23)25-2)13-16-6-8-17(21)9-7-16/h3-9,12,18H,10-11,13H2,1-2H3,(H,22,24). The molecule has 0 saturated heterocycles. The second-order valence-electron chi connectivity index (χ2n) is 5.93. The molecule has 0 spiro atoms. The first-order valence-corrected chi connectivity index (χ1v) is 8.67. The van der Waals surface area contributed by atoms with Gasteiger partial charge in [-0.1, -0.05) is 53.6 Å². The van der Waals surface area contributed by atoms with Crippen LogP contribution in [0.1, 0.15) is 16.7 Å². The van der Waals surface area contributed by atoms with Gasteiger partial charge in [0.05, 0.1) is 13.7 Å². The molecule has 1 amide bonds. The molecule has 1 unspecified atom stereocenters. The maximum absolute atomic E-state index is 12.0. The third-order valence-corrected chi connectivity index (χ3v) is 4.09. The van der Waals surface area contributed by atoms with Crippen LogP contribution in [0.3, 0.4) is 0 Å². The van der Waals surface area contributed by atoms with E-state index in [9.17, 15) is 9.59 Å². The summed E-state index contributed by atoms with van der Waals surface area (Å²) in [6.45, 7) is 2.24. The molecule has 0 radical (unpaired) electrons. The van der Waals surface area contributed by atoms with E-state index in [1.54, 1.807) is 24.3 Å². The summed E-state index contributed by atoms with van der Waals surface area (Å²) in [5, 5.41) is 3.16. The first-order chi connectivity index (χ1) is 12.5. The van der Waals surface area contributed by atoms with Crippen molar-refractivity contribution in [3.05, 3.63) is 70.2 Å². The number of ether oxygens (including phenoxy) is 2. The minimum absolute atomic E-state index is 0.226. The summed E-state index contributed by atoms with van der Waals surface area (Å²) in [6.07, 6.45) is 0.244. The van der Waals surface area contributed by atoms with Crippen LogP contribution in [-0.4, -0.2) is 31.8 Å². The number of carbonyl (C=O) groups excluding carboxylic acids is 2. The molecule has 0 aliphatic carbocycles. The average molecular weight is 376 g/mol. The predicted octanol–water partition coefficient (Wildman–Crippen LogP) is 3.70. The van der Waals surface area contributed by atoms with Crippen molar-refractivity contribution in [2.45, 2.75) is 25.8 Å². The number of methoxy groups -OCH3 is 1. The number of alkyl carbamates (subject to hydrolysis) is 1. The smallest absolute Gasteiger partial charge is 0.407 e. The summed E-state index contributed by atoms with van der Waals surface area (Å²) >= 11 is 5.86. The molecule has 2 aromatic rings. The fourth-order valence-corrected chi connectivity index (χ4v) is 2.63. The van der Waals surface area contributed by atoms with Gasteiger partial charge in [0, 0.05) is 17.9 Å². The first-order valence-electron chi connectivity index (χ1n) is 8.29. The van der Waals surface area contributed by atoms with Crippen LogP contribution >= 0.6 is 11.6 Å². The minimum Gasteiger partial charge on any atom is -0.467 e. The number of hydrogen-bond donors (Lipinski definition) is 1. The lowest BCUT2D eigenvalue weighted by Gasteiger charge is -2.16. The number of esters is 1. The van der Waals surface area contributed by atoms with Gasteiger partial charge < -0.3 is 14.8 Å². The van der Waals surface area contributed by atoms with Gasteiger partial charge in [-0.3, -0.25) is 0 Å². The summed E-state index contributed by atoms with van der Waals surface area (Å²) in [6, 6.07) is 14.2. The van der Waals surface area contributed by atoms with Crippen molar-refractivity contribution in [2.75, 3.05) is 13.7 Å². The number of hydrogen-bond acceptors (Lipinski definition) is 4. The van der Waals surface area contributed by atoms with E-state index in [4.69, 9.17) is 21.1 Å². The number of amides is 1. The van der Waals surface area contributed by atoms with Crippen molar-refractivity contribution < 1.29 is 19.1 Å². The number of carbonyl (C=O) groups is 2. The zero-order chi connectivity index (χ0) is 18.9. The van der Waals surface area contributed by atoms with Crippen molar-refractivity contribution in [1.29, 1.82) is 0 Å². The summed E-state index contributed by atoms with van der Waals surface area (Å²) in [7, 11) is 1.28. The zero-order valence-corrected chi connectivity index (χ0v) is 15.6. The molecule has 0 saturated carbocycles. The number of rotatable bonds is 7. The summed E-state index contributed by atoms with van der Waals surface area (Å²) in [4.78, 5) is 23.9. The van der Waals surface area contributed by atoms with Crippen LogP contribution in [0.15, 0.2) is 48.5 Å². The van der Waals surface area contributed by atoms with Crippen LogP contribution in [0.2, 0.25) is 5.02 Å². The third-order valence-electron chi connectivity index (χ3n) is 3.84. The van der Waals surface area contributed by atoms with E-state index in [0.717, 1.165) is 16.7 Å². The SMILES string of the molecule is COC(=O)C(Cc1ccc(Cl)cc1)NC(=O)OCCc1cccc(C)c1. The molecule has 1 N–H and O–H groups in total. The highest BCUT2D eigenvalue weighted by atomic mass is 35.5. The minimum atomic E-state index is -0.826. The maximum Gasteiger partial charge on any atom is 0.407 e. The molecule has 0 aliphatic rings. The Morgan fingerprint density at radius 2 is 1.85 bits per heavy atom. The molecule has 0 aliphatic heterocycles. The van der Waals surface area contributed by atoms with Crippen molar-refractivity contribution in [1.82, 2.24) is 5.32 Å². The molecular formula is C20H22ClNO4. The van der Waals surface area contributed by atoms with Gasteiger partial charge in [-0.25, -0.2) is 9.59 Å². The predicted molar refractivity (Wildman–Crippen MR) is 100 cm³/mol. The van der Waals surface area contributed by atoms with E-state index in [2.05, 4.69) is 5.32 Å². The van der Waals surface area contributed by atoms with Crippen LogP contribution in [0.4, 0.5) is 4.79 Å². The third kappa shape index (κ3) is 6.41. The fraction of sp³-hybridized carbons (Fsp3) is 0.300. The van der Waals surface area contributed by atoms with Crippen LogP contribution in [0.5, 0.6) is 0 Å². The molecule has 2 rings (SSSR count). The molecule has 0 bridgehead atoms. The highest BCUT2D eigenvalue weighted by Crippen LogP contribution is 2.12. The van der Waals surface area contributed by atoms with E-state index >= 15 is 0 Å². The number of aryl methyl sites for hydroxylation is 1. The first kappa shape index (κ1) is 19.8. The normalized spacial score (nSPS) is 11.5. The Kier molecular flexibility index (Phi) is 7.48. The van der Waals surface area contributed by atoms with Crippen LogP contribution in [0, 0.1) is 6.92 Å². The summed E-state index contributed by atoms with van der Waals surface area (Å²) in [5.41, 5.74) is 3.09. The lowest BCUT2D eigenvalue weighted by atomic mass is 10.1. The van der Waals surface area contributed by atoms with Crippen molar-refractivity contribution >= 4 is 23.7 Å². The second kappa shape index (κ2) is 9.82. The Balaban J connectivity index is 1.87. The molecule has 26 heavy (non-hydrogen) atoms. The van der Waals surface area contributed by atoms with Crippen LogP contribution in [0.25, 0.3) is 0 Å². The van der Waals surface area contributed by atoms with Gasteiger partial charge in [0.2, 0.25) is 0 Å². The number of nitrogens with one attached hydrogen (secondary N) is 1. The molecule has 0 heterocycles. The Bertz CT molecular complexity index is 746. The van der Waals surface area contributed by atoms with E-state index in [1.165, 1.54) is 7.11 Å². The van der Waals surface area contributed by atoms with E-state index in [0.29, 0.717) is 11.4 Å². The Hall–Kier alpha value is -2.53. The van der Waals surface area contributed by atoms with Gasteiger partial charge in [-0.2, -0.15) is 0 Å². The molecule has 138 valence electrons. The molecule has 2 aromatic carbocycles. The van der Waals surface area contributed by atoms with Crippen LogP contribution < -0.4 is 5.32 Å². The molecule has 5 nitrogen and oxygen atoms in total. The van der Waals surface area contributed by atoms with E-state index < -0.39 is 18.1 Å². The van der Waals surface area contributed by atoms with Crippen LogP contribution in [-0.2, 0) is 27.1 Å². The Morgan fingerprint density at radius 1 is 1.12 bits per heavy atom. The van der Waals surface area contributed by atoms with Gasteiger partial charge in [-0.15, -0.1) is 0 Å². The van der Waals surface area contributed by atoms with Crippen molar-refractivity contribution in [3.63, 3.8) is 0 Å². The fourth-order valence-electron chi connectivity index (χ4n) is 2.50. The Labute approximate surface area is 158 Å². The monoisotopic (exact) mass is 375 g/mol. The van der Waals surface area contributed by atoms with Gasteiger partial charge in [-0.05, 0) is 30.2 Å². The summed E-state index contributed by atoms with van der Waals surface area (Å²) < 4.78 is 9.95. The lowest BCUT2D eigenvalue weighted by molar-refractivity contribution is -0.142. The highest BCUT2D eigenvalue weighted by molar-refractivity contribution is 6.30. The van der Waals surface area contributed by atoms with Gasteiger partial charge >= 0.3 is 12.1 Å². The number of benzene rings is 2. The van der Waals surface area contributed by atoms with Crippen molar-refractivity contribution in [3.8, 4) is 0 Å². The average Bonchev–Trinajstić information content (AvgIpc) is 2.62. The second-order valence-corrected chi connectivity index (χ2v) is 6.36. The highest BCUT2D eigenvalue weighted by Gasteiger charge is 2.22. The quantitative estimate of drug-likeness (QED) is 0.749. The number of halogens is 1. The maximum atomic E-state index is 12.0. The zero-order valence-electron chi connectivity index (χ0n) is 14.8. The van der Waals surface area contributed by atoms with Crippen molar-refractivity contribution in [2.24, 2.45) is 0 Å². The van der Waals surface area contributed by atoms with E-state index in [1.807, 2.05) is 31.2 Å². The topological polar surface area (TPSA) is 64.6 Å². The molecule has 0 fully saturated rings. The largest absolute Gasteiger partial charge is 0.467 e. The van der Waals surface area contributed by atoms with Gasteiger partial charge in [0.1, 0.15) is 6.04 Å². The van der Waals surface area contributed by atoms with Gasteiger partial charge in [0.15, 0.2) is 0 Å². The summed E-state index contributed by atoms with van der Waals surface area (Å²) in [5.74, 6) is -0.532. The Morgan fingerprint density at radius 3 is 2.50 bits per heavy atom. The van der Waals surface area contributed by atoms with Gasteiger partial charge in [0.25, 0.3) is 0 Å². The van der Waals surface area contributed by atoms with E-state index in [-0.39, 0.29) is 13.0 Å². The molecule has 0 aromatic heterocycles. The molecule has 1 atom stereocenters. The lowest BCUT2D eigenvalue weighted by Crippen LogP contribution is -2.43. The molecule has 6 heteroatoms. The molecular weight excluding hydrogens is 354 g/mol.